The highest BCUT2D eigenvalue weighted by Gasteiger charge is 2.41. The Morgan fingerprint density at radius 3 is 2.33 bits per heavy atom. The average Bonchev–Trinajstić information content (AvgIpc) is 2.93. The number of nitrogens with two attached hydrogens (primary N) is 1. The smallest absolute Gasteiger partial charge is 0.0685 e. The molecule has 2 nitrogen and oxygen atoms in total. The average molecular weight is 251 g/mol. The Balaban J connectivity index is 1.62. The van der Waals surface area contributed by atoms with Gasteiger partial charge in [0, 0.05) is 12.6 Å². The van der Waals surface area contributed by atoms with Crippen LogP contribution in [0.3, 0.4) is 0 Å². The van der Waals surface area contributed by atoms with Crippen molar-refractivity contribution in [2.45, 2.75) is 82.3 Å². The Kier molecular flexibility index (Phi) is 3.95. The number of rotatable bonds is 2. The summed E-state index contributed by atoms with van der Waals surface area (Å²) in [5, 5.41) is 0. The van der Waals surface area contributed by atoms with E-state index < -0.39 is 0 Å². The highest BCUT2D eigenvalue weighted by molar-refractivity contribution is 4.94. The van der Waals surface area contributed by atoms with Gasteiger partial charge in [0.2, 0.25) is 0 Å². The summed E-state index contributed by atoms with van der Waals surface area (Å²) in [5.41, 5.74) is 6.82. The number of hydrogen-bond acceptors (Lipinski definition) is 2. The summed E-state index contributed by atoms with van der Waals surface area (Å²) in [6, 6.07) is 0.454. The summed E-state index contributed by atoms with van der Waals surface area (Å²) < 4.78 is 6.19. The van der Waals surface area contributed by atoms with Gasteiger partial charge in [0.15, 0.2) is 0 Å². The van der Waals surface area contributed by atoms with E-state index in [4.69, 9.17) is 10.5 Å². The van der Waals surface area contributed by atoms with Crippen LogP contribution in [0.1, 0.15) is 70.6 Å². The lowest BCUT2D eigenvalue weighted by atomic mass is 9.72. The molecule has 1 spiro atoms. The summed E-state index contributed by atoms with van der Waals surface area (Å²) in [4.78, 5) is 0. The zero-order valence-corrected chi connectivity index (χ0v) is 11.7. The van der Waals surface area contributed by atoms with Crippen LogP contribution in [-0.4, -0.2) is 18.2 Å². The Morgan fingerprint density at radius 1 is 0.889 bits per heavy atom. The van der Waals surface area contributed by atoms with E-state index in [1.165, 1.54) is 70.6 Å². The van der Waals surface area contributed by atoms with Gasteiger partial charge in [-0.3, -0.25) is 0 Å². The molecule has 2 N–H and O–H groups in total. The quantitative estimate of drug-likeness (QED) is 0.813. The molecule has 0 bridgehead atoms. The molecule has 2 aliphatic carbocycles. The highest BCUT2D eigenvalue weighted by Crippen LogP contribution is 2.43. The Hall–Kier alpha value is -0.0800. The van der Waals surface area contributed by atoms with E-state index in [0.29, 0.717) is 6.04 Å². The molecule has 2 heteroatoms. The van der Waals surface area contributed by atoms with Crippen LogP contribution >= 0.6 is 0 Å². The molecule has 3 fully saturated rings. The lowest BCUT2D eigenvalue weighted by Gasteiger charge is -2.45. The minimum Gasteiger partial charge on any atom is -0.375 e. The fourth-order valence-corrected chi connectivity index (χ4v) is 4.67. The second-order valence-electron chi connectivity index (χ2n) is 6.97. The largest absolute Gasteiger partial charge is 0.375 e. The molecule has 2 unspecified atom stereocenters. The topological polar surface area (TPSA) is 35.2 Å². The maximum Gasteiger partial charge on any atom is 0.0685 e. The standard InChI is InChI=1S/C16H29NO/c17-15(13-6-2-3-7-13)14-8-11-18-16(12-14)9-4-1-5-10-16/h13-15H,1-12,17H2. The van der Waals surface area contributed by atoms with Crippen LogP contribution in [0.25, 0.3) is 0 Å². The van der Waals surface area contributed by atoms with Crippen molar-refractivity contribution >= 4 is 0 Å². The first-order chi connectivity index (χ1) is 8.79. The lowest BCUT2D eigenvalue weighted by Crippen LogP contribution is -2.48. The molecular formula is C16H29NO. The fraction of sp³-hybridized carbons (Fsp3) is 1.00. The van der Waals surface area contributed by atoms with Crippen LogP contribution in [-0.2, 0) is 4.74 Å². The first kappa shape index (κ1) is 12.9. The molecule has 1 saturated heterocycles. The van der Waals surface area contributed by atoms with Gasteiger partial charge in [-0.05, 0) is 50.4 Å². The van der Waals surface area contributed by atoms with Gasteiger partial charge in [-0.15, -0.1) is 0 Å². The molecule has 0 aromatic heterocycles. The summed E-state index contributed by atoms with van der Waals surface area (Å²) in [6.07, 6.45) is 14.8. The molecule has 0 aromatic carbocycles. The van der Waals surface area contributed by atoms with Crippen LogP contribution in [0.5, 0.6) is 0 Å². The molecule has 0 aromatic rings. The molecule has 18 heavy (non-hydrogen) atoms. The monoisotopic (exact) mass is 251 g/mol. The van der Waals surface area contributed by atoms with E-state index in [0.717, 1.165) is 18.4 Å². The second kappa shape index (κ2) is 5.50. The summed E-state index contributed by atoms with van der Waals surface area (Å²) >= 11 is 0. The third kappa shape index (κ3) is 2.60. The molecule has 2 saturated carbocycles. The van der Waals surface area contributed by atoms with Gasteiger partial charge in [-0.2, -0.15) is 0 Å². The molecule has 104 valence electrons. The molecule has 3 rings (SSSR count). The SMILES string of the molecule is NC(C1CCCC1)C1CCOC2(CCCCC2)C1. The molecule has 0 radical (unpaired) electrons. The summed E-state index contributed by atoms with van der Waals surface area (Å²) in [7, 11) is 0. The predicted octanol–water partition coefficient (Wildman–Crippen LogP) is 3.63. The first-order valence-electron chi connectivity index (χ1n) is 8.19. The molecule has 0 amide bonds. The van der Waals surface area contributed by atoms with E-state index >= 15 is 0 Å². The molecule has 2 atom stereocenters. The van der Waals surface area contributed by atoms with Gasteiger partial charge in [0.05, 0.1) is 5.60 Å². The van der Waals surface area contributed by atoms with E-state index in [-0.39, 0.29) is 5.60 Å². The number of hydrogen-bond donors (Lipinski definition) is 1. The van der Waals surface area contributed by atoms with Crippen LogP contribution in [0, 0.1) is 11.8 Å². The number of ether oxygens (including phenoxy) is 1. The zero-order chi connectivity index (χ0) is 12.4. The molecule has 1 aliphatic heterocycles. The van der Waals surface area contributed by atoms with Crippen LogP contribution in [0.15, 0.2) is 0 Å². The molecule has 3 aliphatic rings. The van der Waals surface area contributed by atoms with Crippen LogP contribution in [0.2, 0.25) is 0 Å². The third-order valence-electron chi connectivity index (χ3n) is 5.78. The van der Waals surface area contributed by atoms with E-state index in [1.54, 1.807) is 0 Å². The predicted molar refractivity (Wildman–Crippen MR) is 74.4 cm³/mol. The minimum atomic E-state index is 0.234. The van der Waals surface area contributed by atoms with Crippen LogP contribution < -0.4 is 5.73 Å². The van der Waals surface area contributed by atoms with Crippen molar-refractivity contribution < 1.29 is 4.74 Å². The van der Waals surface area contributed by atoms with Crippen molar-refractivity contribution in [2.75, 3.05) is 6.61 Å². The van der Waals surface area contributed by atoms with E-state index in [2.05, 4.69) is 0 Å². The van der Waals surface area contributed by atoms with Gasteiger partial charge >= 0.3 is 0 Å². The maximum atomic E-state index is 6.59. The maximum absolute atomic E-state index is 6.59. The van der Waals surface area contributed by atoms with Gasteiger partial charge in [-0.1, -0.05) is 32.1 Å². The molecular weight excluding hydrogens is 222 g/mol. The zero-order valence-electron chi connectivity index (χ0n) is 11.7. The van der Waals surface area contributed by atoms with Crippen molar-refractivity contribution in [3.8, 4) is 0 Å². The fourth-order valence-electron chi connectivity index (χ4n) is 4.67. The van der Waals surface area contributed by atoms with Crippen molar-refractivity contribution in [1.82, 2.24) is 0 Å². The van der Waals surface area contributed by atoms with E-state index in [1.807, 2.05) is 0 Å². The van der Waals surface area contributed by atoms with Crippen molar-refractivity contribution in [1.29, 1.82) is 0 Å². The Labute approximate surface area is 112 Å². The first-order valence-corrected chi connectivity index (χ1v) is 8.19. The second-order valence-corrected chi connectivity index (χ2v) is 6.97. The summed E-state index contributed by atoms with van der Waals surface area (Å²) in [5.74, 6) is 1.55. The van der Waals surface area contributed by atoms with Crippen LogP contribution in [0.4, 0.5) is 0 Å². The molecule has 1 heterocycles. The van der Waals surface area contributed by atoms with E-state index in [9.17, 15) is 0 Å². The summed E-state index contributed by atoms with van der Waals surface area (Å²) in [6.45, 7) is 0.963. The van der Waals surface area contributed by atoms with Crippen molar-refractivity contribution in [2.24, 2.45) is 17.6 Å². The third-order valence-corrected chi connectivity index (χ3v) is 5.78. The van der Waals surface area contributed by atoms with Gasteiger partial charge in [-0.25, -0.2) is 0 Å². The Morgan fingerprint density at radius 2 is 1.61 bits per heavy atom. The lowest BCUT2D eigenvalue weighted by molar-refractivity contribution is -0.122. The Bertz CT molecular complexity index is 261. The van der Waals surface area contributed by atoms with Crippen molar-refractivity contribution in [3.63, 3.8) is 0 Å². The van der Waals surface area contributed by atoms with Gasteiger partial charge in [0.25, 0.3) is 0 Å². The normalized spacial score (nSPS) is 34.8. The highest BCUT2D eigenvalue weighted by atomic mass is 16.5. The van der Waals surface area contributed by atoms with Gasteiger partial charge in [0.1, 0.15) is 0 Å². The minimum absolute atomic E-state index is 0.234. The van der Waals surface area contributed by atoms with Crippen molar-refractivity contribution in [3.05, 3.63) is 0 Å². The van der Waals surface area contributed by atoms with Gasteiger partial charge < -0.3 is 10.5 Å².